The van der Waals surface area contributed by atoms with E-state index < -0.39 is 23.9 Å². The van der Waals surface area contributed by atoms with Crippen molar-refractivity contribution < 1.29 is 39.6 Å². The fraction of sp³-hybridized carbons (Fsp3) is 0.200. The number of aromatic amines is 2. The SMILES string of the molecule is Cc1cc(C)c(C2=C(C(=O)O)c3cc4[nH]c(cc5nc(cc6[nH]c(cc2n3)c(C(=O)O)c6-c2c(C)cc(C)cc2C)C(C(=O)O)=C5c2c(C)cc(C)cc2C)c(C(=O)O)c4-c2c(C)cc(C)cc2C)c(C)c1. The zero-order valence-corrected chi connectivity index (χ0v) is 42.2. The molecule has 6 N–H and O–H groups in total. The number of fused-ring (bicyclic) bond motifs is 8. The smallest absolute Gasteiger partial charge is 0.338 e. The van der Waals surface area contributed by atoms with E-state index in [1.807, 2.05) is 132 Å². The van der Waals surface area contributed by atoms with Crippen molar-refractivity contribution in [2.75, 3.05) is 0 Å². The highest BCUT2D eigenvalue weighted by Gasteiger charge is 2.34. The molecule has 7 aromatic rings. The fourth-order valence-corrected chi connectivity index (χ4v) is 11.7. The summed E-state index contributed by atoms with van der Waals surface area (Å²) in [7, 11) is 0. The highest BCUT2D eigenvalue weighted by atomic mass is 16.4. The van der Waals surface area contributed by atoms with Crippen molar-refractivity contribution in [2.24, 2.45) is 0 Å². The Morgan fingerprint density at radius 3 is 0.819 bits per heavy atom. The number of hydrogen-bond acceptors (Lipinski definition) is 6. The molecule has 12 heteroatoms. The third kappa shape index (κ3) is 7.98. The van der Waals surface area contributed by atoms with Crippen molar-refractivity contribution >= 4 is 68.2 Å². The van der Waals surface area contributed by atoms with Gasteiger partial charge >= 0.3 is 23.9 Å². The van der Waals surface area contributed by atoms with Gasteiger partial charge in [0.2, 0.25) is 0 Å². The van der Waals surface area contributed by atoms with Crippen molar-refractivity contribution in [1.82, 2.24) is 19.9 Å². The number of H-pyrrole nitrogens is 2. The number of carboxylic acids is 4. The van der Waals surface area contributed by atoms with Crippen LogP contribution in [0.5, 0.6) is 0 Å². The molecule has 5 heterocycles. The maximum atomic E-state index is 14.0. The van der Waals surface area contributed by atoms with E-state index in [4.69, 9.17) is 9.97 Å². The topological polar surface area (TPSA) is 207 Å². The van der Waals surface area contributed by atoms with E-state index in [0.29, 0.717) is 22.3 Å². The minimum absolute atomic E-state index is 0.0160. The average molecular weight is 959 g/mol. The molecule has 0 aliphatic carbocycles. The lowest BCUT2D eigenvalue weighted by atomic mass is 9.88. The summed E-state index contributed by atoms with van der Waals surface area (Å²) in [6.45, 7) is 22.8. The number of benzene rings is 4. The average Bonchev–Trinajstić information content (AvgIpc) is 3.98. The molecule has 72 heavy (non-hydrogen) atoms. The van der Waals surface area contributed by atoms with Crippen molar-refractivity contribution in [3.63, 3.8) is 0 Å². The molecule has 2 aliphatic heterocycles. The van der Waals surface area contributed by atoms with Crippen LogP contribution in [0.1, 0.15) is 121 Å². The van der Waals surface area contributed by atoms with Crippen LogP contribution in [0.15, 0.2) is 72.8 Å². The van der Waals surface area contributed by atoms with Crippen LogP contribution in [0.4, 0.5) is 0 Å². The molecule has 0 fully saturated rings. The molecule has 0 saturated heterocycles. The Morgan fingerprint density at radius 2 is 0.569 bits per heavy atom. The summed E-state index contributed by atoms with van der Waals surface area (Å²) < 4.78 is 0. The normalized spacial score (nSPS) is 12.5. The van der Waals surface area contributed by atoms with Gasteiger partial charge in [-0.3, -0.25) is 0 Å². The van der Waals surface area contributed by atoms with Crippen molar-refractivity contribution in [2.45, 2.75) is 83.1 Å². The quantitative estimate of drug-likeness (QED) is 0.0849. The molecule has 3 aromatic heterocycles. The molecule has 362 valence electrons. The predicted octanol–water partition coefficient (Wildman–Crippen LogP) is 12.8. The molecule has 0 atom stereocenters. The summed E-state index contributed by atoms with van der Waals surface area (Å²) >= 11 is 0. The maximum absolute atomic E-state index is 14.0. The van der Waals surface area contributed by atoms with Crippen molar-refractivity contribution in [3.05, 3.63) is 185 Å². The monoisotopic (exact) mass is 958 g/mol. The van der Waals surface area contributed by atoms with Gasteiger partial charge in [-0.05, 0) is 174 Å². The van der Waals surface area contributed by atoms with Gasteiger partial charge in [-0.25, -0.2) is 29.1 Å². The summed E-state index contributed by atoms with van der Waals surface area (Å²) in [5.41, 5.74) is 13.4. The number of aromatic nitrogens is 4. The predicted molar refractivity (Wildman–Crippen MR) is 283 cm³/mol. The van der Waals surface area contributed by atoms with Crippen LogP contribution in [-0.2, 0) is 9.59 Å². The van der Waals surface area contributed by atoms with Crippen LogP contribution >= 0.6 is 0 Å². The third-order valence-electron chi connectivity index (χ3n) is 13.8. The highest BCUT2D eigenvalue weighted by Crippen LogP contribution is 2.45. The Morgan fingerprint density at radius 1 is 0.319 bits per heavy atom. The van der Waals surface area contributed by atoms with E-state index in [-0.39, 0.29) is 89.4 Å². The second-order valence-corrected chi connectivity index (χ2v) is 19.6. The molecular formula is C60H54N4O8. The minimum atomic E-state index is -1.31. The zero-order chi connectivity index (χ0) is 52.1. The Balaban J connectivity index is 1.62. The summed E-state index contributed by atoms with van der Waals surface area (Å²) in [6.07, 6.45) is 0. The first-order valence-corrected chi connectivity index (χ1v) is 23.5. The summed E-state index contributed by atoms with van der Waals surface area (Å²) in [5.74, 6) is -5.22. The molecule has 0 radical (unpaired) electrons. The summed E-state index contributed by atoms with van der Waals surface area (Å²) in [5, 5.41) is 45.6. The number of rotatable bonds is 8. The van der Waals surface area contributed by atoms with E-state index in [2.05, 4.69) is 9.97 Å². The van der Waals surface area contributed by atoms with Crippen LogP contribution in [-0.4, -0.2) is 64.2 Å². The van der Waals surface area contributed by atoms with E-state index >= 15 is 0 Å². The molecule has 0 saturated carbocycles. The van der Waals surface area contributed by atoms with Gasteiger partial charge in [0.1, 0.15) is 0 Å². The third-order valence-corrected chi connectivity index (χ3v) is 13.8. The second-order valence-electron chi connectivity index (χ2n) is 19.6. The summed E-state index contributed by atoms with van der Waals surface area (Å²) in [4.78, 5) is 72.8. The first-order valence-electron chi connectivity index (χ1n) is 23.5. The van der Waals surface area contributed by atoms with Gasteiger partial charge < -0.3 is 30.4 Å². The standard InChI is InChI=1S/C60H54N4O8/c1-25-13-29(5)45(30(6)14-25)49-37-21-42-54(58(67)68)51(47-33(9)17-27(3)18-34(47)10)39(62-42)23-44-56(60(71)72)52(48-35(11)19-28(4)20-36(48)12)40(64-44)24-43-55(59(69)70)50(46-31(7)15-26(2)16-32(46)8)38(63-43)22-41(61-37)53(49)57(65)66/h13-24,61,64H,1-12H3,(H,65,66)(H,67,68)(H,69,70)(H,71,72). The zero-order valence-electron chi connectivity index (χ0n) is 42.2. The Labute approximate surface area is 416 Å². The maximum Gasteiger partial charge on any atom is 0.338 e. The van der Waals surface area contributed by atoms with Gasteiger partial charge in [-0.15, -0.1) is 0 Å². The van der Waals surface area contributed by atoms with Crippen molar-refractivity contribution in [3.8, 4) is 22.3 Å². The van der Waals surface area contributed by atoms with Gasteiger partial charge in [0.05, 0.1) is 56.1 Å². The highest BCUT2D eigenvalue weighted by molar-refractivity contribution is 6.29. The Hall–Kier alpha value is -8.64. The molecule has 0 spiro atoms. The van der Waals surface area contributed by atoms with Gasteiger partial charge in [0.25, 0.3) is 0 Å². The number of hydrogen-bond donors (Lipinski definition) is 6. The van der Waals surface area contributed by atoms with Crippen LogP contribution in [0.2, 0.25) is 0 Å². The lowest BCUT2D eigenvalue weighted by molar-refractivity contribution is -0.131. The molecule has 0 unspecified atom stereocenters. The number of nitrogens with zero attached hydrogens (tertiary/aromatic N) is 2. The summed E-state index contributed by atoms with van der Waals surface area (Å²) in [6, 6.07) is 21.7. The largest absolute Gasteiger partial charge is 0.478 e. The van der Waals surface area contributed by atoms with E-state index in [1.165, 1.54) is 24.3 Å². The number of aromatic carboxylic acids is 2. The van der Waals surface area contributed by atoms with Crippen LogP contribution in [0.25, 0.3) is 66.6 Å². The van der Waals surface area contributed by atoms with Gasteiger partial charge in [0.15, 0.2) is 0 Å². The van der Waals surface area contributed by atoms with E-state index in [0.717, 1.165) is 66.8 Å². The van der Waals surface area contributed by atoms with Crippen LogP contribution < -0.4 is 0 Å². The molecule has 8 bridgehead atoms. The van der Waals surface area contributed by atoms with Crippen LogP contribution in [0, 0.1) is 83.1 Å². The molecule has 0 amide bonds. The number of aliphatic carboxylic acids is 2. The minimum Gasteiger partial charge on any atom is -0.478 e. The van der Waals surface area contributed by atoms with E-state index in [9.17, 15) is 39.6 Å². The number of carbonyl (C=O) groups is 4. The van der Waals surface area contributed by atoms with Gasteiger partial charge in [-0.1, -0.05) is 70.8 Å². The van der Waals surface area contributed by atoms with E-state index in [1.54, 1.807) is 0 Å². The lowest BCUT2D eigenvalue weighted by Crippen LogP contribution is -2.03. The second kappa shape index (κ2) is 17.6. The number of carboxylic acid groups (broad SMARTS) is 4. The number of nitrogens with one attached hydrogen (secondary N) is 2. The molecule has 4 aromatic carbocycles. The Kier molecular flexibility index (Phi) is 11.9. The van der Waals surface area contributed by atoms with Crippen molar-refractivity contribution in [1.29, 1.82) is 0 Å². The molecule has 9 rings (SSSR count). The first kappa shape index (κ1) is 48.4. The van der Waals surface area contributed by atoms with Gasteiger partial charge in [-0.2, -0.15) is 0 Å². The van der Waals surface area contributed by atoms with Crippen LogP contribution in [0.3, 0.4) is 0 Å². The Bertz CT molecular complexity index is 3550. The molecule has 12 nitrogen and oxygen atoms in total. The lowest BCUT2D eigenvalue weighted by Gasteiger charge is -2.14. The number of aryl methyl sites for hydroxylation is 12. The van der Waals surface area contributed by atoms with Gasteiger partial charge in [0, 0.05) is 33.3 Å². The first-order chi connectivity index (χ1) is 33.9. The molecule has 2 aliphatic rings. The fourth-order valence-electron chi connectivity index (χ4n) is 11.7. The molecular weight excluding hydrogens is 905 g/mol.